The molecule has 3 rings (SSSR count). The van der Waals surface area contributed by atoms with Gasteiger partial charge in [0.1, 0.15) is 12.4 Å². The molecular weight excluding hydrogens is 310 g/mol. The van der Waals surface area contributed by atoms with Crippen molar-refractivity contribution in [2.75, 3.05) is 33.7 Å². The lowest BCUT2D eigenvalue weighted by molar-refractivity contribution is 0.190. The summed E-state index contributed by atoms with van der Waals surface area (Å²) in [6.45, 7) is 7.37. The third-order valence-electron chi connectivity index (χ3n) is 4.86. The molecule has 4 nitrogen and oxygen atoms in total. The first kappa shape index (κ1) is 17.9. The van der Waals surface area contributed by atoms with Gasteiger partial charge >= 0.3 is 0 Å². The molecule has 1 unspecified atom stereocenters. The Bertz CT molecular complexity index is 676. The van der Waals surface area contributed by atoms with Crippen LogP contribution in [0.1, 0.15) is 24.6 Å². The van der Waals surface area contributed by atoms with E-state index in [0.717, 1.165) is 24.5 Å². The highest BCUT2D eigenvalue weighted by Crippen LogP contribution is 2.30. The number of rotatable bonds is 7. The van der Waals surface area contributed by atoms with Gasteiger partial charge in [-0.1, -0.05) is 25.1 Å². The molecule has 1 fully saturated rings. The van der Waals surface area contributed by atoms with E-state index < -0.39 is 0 Å². The summed E-state index contributed by atoms with van der Waals surface area (Å²) in [5, 5.41) is 0. The maximum Gasteiger partial charge on any atom is 0.130 e. The molecule has 1 atom stereocenters. The van der Waals surface area contributed by atoms with Crippen LogP contribution in [-0.4, -0.2) is 48.5 Å². The van der Waals surface area contributed by atoms with Crippen LogP contribution in [0.4, 0.5) is 0 Å². The molecule has 0 N–H and O–H groups in total. The summed E-state index contributed by atoms with van der Waals surface area (Å²) in [5.41, 5.74) is 2.63. The second-order valence-electron chi connectivity index (χ2n) is 7.73. The minimum atomic E-state index is 0.399. The number of benzene rings is 1. The van der Waals surface area contributed by atoms with Crippen molar-refractivity contribution in [1.82, 2.24) is 14.8 Å². The molecule has 0 spiro atoms. The van der Waals surface area contributed by atoms with Crippen LogP contribution in [0.5, 0.6) is 5.75 Å². The van der Waals surface area contributed by atoms with Crippen LogP contribution < -0.4 is 4.74 Å². The van der Waals surface area contributed by atoms with Gasteiger partial charge in [-0.3, -0.25) is 4.98 Å². The Hall–Kier alpha value is -1.91. The number of nitrogens with zero attached hydrogens (tertiary/aromatic N) is 3. The van der Waals surface area contributed by atoms with E-state index in [2.05, 4.69) is 54.0 Å². The Balaban J connectivity index is 1.54. The first-order chi connectivity index (χ1) is 12.0. The quantitative estimate of drug-likeness (QED) is 0.773. The zero-order valence-corrected chi connectivity index (χ0v) is 15.6. The molecule has 134 valence electrons. The van der Waals surface area contributed by atoms with E-state index in [1.807, 2.05) is 24.3 Å². The van der Waals surface area contributed by atoms with Crippen LogP contribution in [0.2, 0.25) is 0 Å². The highest BCUT2D eigenvalue weighted by atomic mass is 16.5. The fraction of sp³-hybridized carbons (Fsp3) is 0.476. The molecule has 2 aromatic rings. The van der Waals surface area contributed by atoms with Crippen molar-refractivity contribution < 1.29 is 4.74 Å². The van der Waals surface area contributed by atoms with Crippen LogP contribution in [0.25, 0.3) is 0 Å². The number of aromatic nitrogens is 1. The zero-order chi connectivity index (χ0) is 17.7. The van der Waals surface area contributed by atoms with E-state index in [4.69, 9.17) is 4.74 Å². The van der Waals surface area contributed by atoms with E-state index in [-0.39, 0.29) is 0 Å². The average molecular weight is 339 g/mol. The van der Waals surface area contributed by atoms with E-state index in [1.54, 1.807) is 6.20 Å². The van der Waals surface area contributed by atoms with Gasteiger partial charge in [-0.05, 0) is 62.3 Å². The predicted molar refractivity (Wildman–Crippen MR) is 102 cm³/mol. The second kappa shape index (κ2) is 7.98. The second-order valence-corrected chi connectivity index (χ2v) is 7.73. The van der Waals surface area contributed by atoms with Crippen LogP contribution in [0, 0.1) is 5.41 Å². The summed E-state index contributed by atoms with van der Waals surface area (Å²) in [6.07, 6.45) is 3.08. The molecule has 0 radical (unpaired) electrons. The minimum Gasteiger partial charge on any atom is -0.487 e. The van der Waals surface area contributed by atoms with Gasteiger partial charge in [0.25, 0.3) is 0 Å². The molecule has 0 amide bonds. The van der Waals surface area contributed by atoms with Gasteiger partial charge in [0.05, 0.1) is 5.69 Å². The number of hydrogen-bond acceptors (Lipinski definition) is 4. The summed E-state index contributed by atoms with van der Waals surface area (Å²) >= 11 is 0. The molecule has 1 aromatic heterocycles. The molecular formula is C21H29N3O. The molecule has 25 heavy (non-hydrogen) atoms. The van der Waals surface area contributed by atoms with E-state index in [9.17, 15) is 0 Å². The van der Waals surface area contributed by atoms with Gasteiger partial charge in [-0.2, -0.15) is 0 Å². The summed E-state index contributed by atoms with van der Waals surface area (Å²) in [6, 6.07) is 14.3. The Kier molecular flexibility index (Phi) is 5.71. The average Bonchev–Trinajstić information content (AvgIpc) is 2.92. The molecule has 1 aromatic carbocycles. The molecule has 0 aliphatic carbocycles. The van der Waals surface area contributed by atoms with Crippen molar-refractivity contribution in [3.05, 3.63) is 59.9 Å². The first-order valence-electron chi connectivity index (χ1n) is 9.01. The van der Waals surface area contributed by atoms with Gasteiger partial charge in [-0.25, -0.2) is 0 Å². The minimum absolute atomic E-state index is 0.399. The topological polar surface area (TPSA) is 28.6 Å². The predicted octanol–water partition coefficient (Wildman–Crippen LogP) is 3.43. The monoisotopic (exact) mass is 339 g/mol. The SMILES string of the molecule is CN1CCC(C)(CN(C)Cc2cccc(OCc3ccccn3)c2)C1. The zero-order valence-electron chi connectivity index (χ0n) is 15.6. The van der Waals surface area contributed by atoms with Crippen LogP contribution in [0.3, 0.4) is 0 Å². The summed E-state index contributed by atoms with van der Waals surface area (Å²) in [7, 11) is 4.43. The Morgan fingerprint density at radius 2 is 2.12 bits per heavy atom. The first-order valence-corrected chi connectivity index (χ1v) is 9.01. The van der Waals surface area contributed by atoms with Gasteiger partial charge in [0, 0.05) is 25.8 Å². The van der Waals surface area contributed by atoms with Crippen LogP contribution in [0.15, 0.2) is 48.7 Å². The molecule has 2 heterocycles. The van der Waals surface area contributed by atoms with Gasteiger partial charge in [0.2, 0.25) is 0 Å². The van der Waals surface area contributed by atoms with Crippen molar-refractivity contribution >= 4 is 0 Å². The van der Waals surface area contributed by atoms with Gasteiger partial charge in [0.15, 0.2) is 0 Å². The third-order valence-corrected chi connectivity index (χ3v) is 4.86. The fourth-order valence-electron chi connectivity index (χ4n) is 3.79. The lowest BCUT2D eigenvalue weighted by Gasteiger charge is -2.30. The normalized spacial score (nSPS) is 21.0. The smallest absolute Gasteiger partial charge is 0.130 e. The maximum atomic E-state index is 5.89. The Labute approximate surface area is 151 Å². The largest absolute Gasteiger partial charge is 0.487 e. The van der Waals surface area contributed by atoms with Crippen molar-refractivity contribution in [2.45, 2.75) is 26.5 Å². The summed E-state index contributed by atoms with van der Waals surface area (Å²) < 4.78 is 5.89. The Morgan fingerprint density at radius 3 is 2.84 bits per heavy atom. The lowest BCUT2D eigenvalue weighted by atomic mass is 9.89. The fourth-order valence-corrected chi connectivity index (χ4v) is 3.79. The molecule has 0 saturated carbocycles. The number of hydrogen-bond donors (Lipinski definition) is 0. The number of likely N-dealkylation sites (tertiary alicyclic amines) is 1. The number of pyridine rings is 1. The third kappa shape index (κ3) is 5.28. The highest BCUT2D eigenvalue weighted by molar-refractivity contribution is 5.28. The highest BCUT2D eigenvalue weighted by Gasteiger charge is 2.32. The molecule has 4 heteroatoms. The molecule has 1 saturated heterocycles. The maximum absolute atomic E-state index is 5.89. The van der Waals surface area contributed by atoms with Crippen molar-refractivity contribution in [2.24, 2.45) is 5.41 Å². The number of ether oxygens (including phenoxy) is 1. The standard InChI is InChI=1S/C21H29N3O/c1-21(10-12-23(2)16-21)17-24(3)14-18-7-6-9-20(13-18)25-15-19-8-4-5-11-22-19/h4-9,11,13H,10,12,14-17H2,1-3H3. The summed E-state index contributed by atoms with van der Waals surface area (Å²) in [5.74, 6) is 0.906. The molecule has 0 bridgehead atoms. The van der Waals surface area contributed by atoms with Crippen molar-refractivity contribution in [3.63, 3.8) is 0 Å². The van der Waals surface area contributed by atoms with E-state index >= 15 is 0 Å². The van der Waals surface area contributed by atoms with Crippen molar-refractivity contribution in [3.8, 4) is 5.75 Å². The lowest BCUT2D eigenvalue weighted by Crippen LogP contribution is -2.35. The van der Waals surface area contributed by atoms with E-state index in [0.29, 0.717) is 12.0 Å². The Morgan fingerprint density at radius 1 is 1.24 bits per heavy atom. The van der Waals surface area contributed by atoms with Crippen LogP contribution in [-0.2, 0) is 13.2 Å². The van der Waals surface area contributed by atoms with Crippen molar-refractivity contribution in [1.29, 1.82) is 0 Å². The van der Waals surface area contributed by atoms with E-state index in [1.165, 1.54) is 25.1 Å². The van der Waals surface area contributed by atoms with Gasteiger partial charge < -0.3 is 14.5 Å². The van der Waals surface area contributed by atoms with Gasteiger partial charge in [-0.15, -0.1) is 0 Å². The van der Waals surface area contributed by atoms with Crippen LogP contribution >= 0.6 is 0 Å². The molecule has 1 aliphatic heterocycles. The molecule has 1 aliphatic rings. The summed E-state index contributed by atoms with van der Waals surface area (Å²) in [4.78, 5) is 9.16.